The van der Waals surface area contributed by atoms with E-state index in [9.17, 15) is 0 Å². The molecule has 0 fully saturated rings. The van der Waals surface area contributed by atoms with Gasteiger partial charge in [0.15, 0.2) is 0 Å². The highest BCUT2D eigenvalue weighted by Crippen LogP contribution is 2.30. The zero-order valence-corrected chi connectivity index (χ0v) is 10.8. The van der Waals surface area contributed by atoms with E-state index in [1.54, 1.807) is 0 Å². The van der Waals surface area contributed by atoms with Crippen molar-refractivity contribution in [2.45, 2.75) is 6.04 Å². The number of hydrogen-bond acceptors (Lipinski definition) is 0. The Morgan fingerprint density at radius 1 is 0.706 bits per heavy atom. The van der Waals surface area contributed by atoms with E-state index in [2.05, 4.69) is 66.3 Å². The zero-order chi connectivity index (χ0) is 11.5. The molecule has 1 heteroatoms. The molecule has 0 bridgehead atoms. The molecule has 0 N–H and O–H groups in total. The molecule has 2 aromatic rings. The van der Waals surface area contributed by atoms with Gasteiger partial charge in [-0.25, -0.2) is 0 Å². The molecular weight excluding hydrogens is 220 g/mol. The third-order valence-corrected chi connectivity index (χ3v) is 4.35. The summed E-state index contributed by atoms with van der Waals surface area (Å²) < 4.78 is 0. The lowest BCUT2D eigenvalue weighted by Gasteiger charge is -2.08. The second-order valence-corrected chi connectivity index (χ2v) is 5.44. The molecule has 3 rings (SSSR count). The monoisotopic (exact) mass is 234 g/mol. The predicted molar refractivity (Wildman–Crippen MR) is 77.7 cm³/mol. The Labute approximate surface area is 104 Å². The Hall–Kier alpha value is -1.73. The van der Waals surface area contributed by atoms with Crippen LogP contribution in [0.15, 0.2) is 60.7 Å². The first-order valence-electron chi connectivity index (χ1n) is 5.96. The molecule has 0 spiro atoms. The second kappa shape index (κ2) is 4.64. The molecule has 1 aliphatic heterocycles. The zero-order valence-electron chi connectivity index (χ0n) is 9.64. The molecule has 0 unspecified atom stereocenters. The Morgan fingerprint density at radius 2 is 1.29 bits per heavy atom. The fourth-order valence-electron chi connectivity index (χ4n) is 2.31. The van der Waals surface area contributed by atoms with Gasteiger partial charge in [-0.15, -0.1) is 0 Å². The number of benzene rings is 2. The van der Waals surface area contributed by atoms with Gasteiger partial charge in [0.05, 0.1) is 0 Å². The fraction of sp³-hybridized carbons (Fsp3) is 0.0625. The number of rotatable bonds is 2. The van der Waals surface area contributed by atoms with Gasteiger partial charge in [-0.3, -0.25) is 0 Å². The maximum atomic E-state index is 2.44. The topological polar surface area (TPSA) is 0 Å². The van der Waals surface area contributed by atoms with Crippen LogP contribution in [0.3, 0.4) is 0 Å². The van der Waals surface area contributed by atoms with Crippen LogP contribution in [0.25, 0.3) is 11.1 Å². The van der Waals surface area contributed by atoms with Crippen molar-refractivity contribution in [1.82, 2.24) is 0 Å². The van der Waals surface area contributed by atoms with Crippen LogP contribution >= 0.6 is 0 Å². The summed E-state index contributed by atoms with van der Waals surface area (Å²) in [7, 11) is 0.441. The van der Waals surface area contributed by atoms with Crippen LogP contribution in [0.1, 0.15) is 11.1 Å². The highest BCUT2D eigenvalue weighted by Gasteiger charge is 2.12. The first-order chi connectivity index (χ1) is 8.45. The first-order valence-corrected chi connectivity index (χ1v) is 7.44. The second-order valence-electron chi connectivity index (χ2n) is 4.23. The fourth-order valence-corrected chi connectivity index (χ4v) is 3.74. The van der Waals surface area contributed by atoms with E-state index < -0.39 is 0 Å². The third-order valence-electron chi connectivity index (χ3n) is 3.14. The third kappa shape index (κ3) is 2.06. The number of hydrogen-bond donors (Lipinski definition) is 0. The van der Waals surface area contributed by atoms with Crippen molar-refractivity contribution in [3.05, 3.63) is 71.8 Å². The highest BCUT2D eigenvalue weighted by molar-refractivity contribution is 6.64. The molecule has 0 aliphatic carbocycles. The van der Waals surface area contributed by atoms with Gasteiger partial charge in [0.2, 0.25) is 0 Å². The summed E-state index contributed by atoms with van der Waals surface area (Å²) in [6.07, 6.45) is 0. The van der Waals surface area contributed by atoms with Crippen LogP contribution in [0.2, 0.25) is 6.04 Å². The minimum Gasteiger partial charge on any atom is -0.0767 e. The summed E-state index contributed by atoms with van der Waals surface area (Å²) >= 11 is 0. The molecule has 0 amide bonds. The lowest BCUT2D eigenvalue weighted by molar-refractivity contribution is 1.56. The van der Waals surface area contributed by atoms with E-state index in [-0.39, 0.29) is 0 Å². The maximum absolute atomic E-state index is 2.44. The molecule has 0 saturated heterocycles. The van der Waals surface area contributed by atoms with Crippen LogP contribution < -0.4 is 0 Å². The summed E-state index contributed by atoms with van der Waals surface area (Å²) in [5.41, 5.74) is 8.15. The van der Waals surface area contributed by atoms with E-state index in [0.29, 0.717) is 9.13 Å². The van der Waals surface area contributed by atoms with Gasteiger partial charge >= 0.3 is 0 Å². The van der Waals surface area contributed by atoms with Crippen LogP contribution in [-0.4, -0.2) is 14.8 Å². The normalized spacial score (nSPS) is 14.4. The van der Waals surface area contributed by atoms with Crippen LogP contribution in [0.4, 0.5) is 0 Å². The van der Waals surface area contributed by atoms with E-state index in [1.807, 2.05) is 0 Å². The van der Waals surface area contributed by atoms with Gasteiger partial charge < -0.3 is 0 Å². The lowest BCUT2D eigenvalue weighted by atomic mass is 9.97. The molecule has 1 aliphatic rings. The molecule has 17 heavy (non-hydrogen) atoms. The van der Waals surface area contributed by atoms with Gasteiger partial charge in [0, 0.05) is 0 Å². The molecule has 0 nitrogen and oxygen atoms in total. The predicted octanol–water partition coefficient (Wildman–Crippen LogP) is 3.27. The van der Waals surface area contributed by atoms with E-state index >= 15 is 0 Å². The molecular formula is C16H14Si. The van der Waals surface area contributed by atoms with Gasteiger partial charge in [-0.05, 0) is 37.4 Å². The van der Waals surface area contributed by atoms with Gasteiger partial charge in [-0.2, -0.15) is 0 Å². The van der Waals surface area contributed by atoms with E-state index in [0.717, 1.165) is 0 Å². The Morgan fingerprint density at radius 3 is 1.94 bits per heavy atom. The molecule has 0 aromatic heterocycles. The Kier molecular flexibility index (Phi) is 2.84. The smallest absolute Gasteiger partial charge is 0.00140 e. The largest absolute Gasteiger partial charge is 0.0767 e. The quantitative estimate of drug-likeness (QED) is 0.700. The summed E-state index contributed by atoms with van der Waals surface area (Å²) in [5.74, 6) is 0. The van der Waals surface area contributed by atoms with Crippen molar-refractivity contribution in [3.63, 3.8) is 0 Å². The molecule has 82 valence electrons. The van der Waals surface area contributed by atoms with Crippen molar-refractivity contribution >= 4 is 25.9 Å². The van der Waals surface area contributed by atoms with Crippen molar-refractivity contribution in [2.24, 2.45) is 0 Å². The summed E-state index contributed by atoms with van der Waals surface area (Å²) in [4.78, 5) is 0. The Bertz CT molecular complexity index is 565. The highest BCUT2D eigenvalue weighted by atomic mass is 28.2. The average Bonchev–Trinajstić information content (AvgIpc) is 2.90. The Balaban J connectivity index is 2.10. The van der Waals surface area contributed by atoms with Crippen molar-refractivity contribution in [2.75, 3.05) is 0 Å². The molecule has 1 heterocycles. The van der Waals surface area contributed by atoms with Crippen LogP contribution in [-0.2, 0) is 0 Å². The summed E-state index contributed by atoms with van der Waals surface area (Å²) in [6, 6.07) is 22.7. The van der Waals surface area contributed by atoms with Crippen molar-refractivity contribution < 1.29 is 0 Å². The standard InChI is InChI=1S/C16H14Si/c1-3-7-13(8-4-1)15-11-17-12-16(15)14-9-5-2-6-10-14/h1-11,17H,12H2. The molecule has 0 atom stereocenters. The summed E-state index contributed by atoms with van der Waals surface area (Å²) in [6.45, 7) is 0. The average molecular weight is 234 g/mol. The molecule has 2 aromatic carbocycles. The minimum absolute atomic E-state index is 0.441. The van der Waals surface area contributed by atoms with Gasteiger partial charge in [0.1, 0.15) is 0 Å². The first kappa shape index (κ1) is 10.4. The molecule has 0 radical (unpaired) electrons. The minimum atomic E-state index is 0.441. The van der Waals surface area contributed by atoms with Crippen molar-refractivity contribution in [1.29, 1.82) is 0 Å². The van der Waals surface area contributed by atoms with E-state index in [1.165, 1.54) is 28.3 Å². The number of allylic oxidation sites excluding steroid dienone is 2. The summed E-state index contributed by atoms with van der Waals surface area (Å²) in [5, 5.41) is 0. The van der Waals surface area contributed by atoms with Crippen molar-refractivity contribution in [3.8, 4) is 0 Å². The van der Waals surface area contributed by atoms with E-state index in [4.69, 9.17) is 0 Å². The van der Waals surface area contributed by atoms with Gasteiger partial charge in [-0.1, -0.05) is 66.3 Å². The van der Waals surface area contributed by atoms with Crippen LogP contribution in [0, 0.1) is 0 Å². The SMILES string of the molecule is C1=[SiH]CC(c2ccccc2)=C1c1ccccc1. The maximum Gasteiger partial charge on any atom is -0.00140 e. The van der Waals surface area contributed by atoms with Gasteiger partial charge in [0.25, 0.3) is 0 Å². The molecule has 0 saturated carbocycles. The lowest BCUT2D eigenvalue weighted by Crippen LogP contribution is -1.87. The van der Waals surface area contributed by atoms with Crippen LogP contribution in [0.5, 0.6) is 0 Å².